The molecule has 3 N–H and O–H groups in total. The summed E-state index contributed by atoms with van der Waals surface area (Å²) in [6.07, 6.45) is 3.09. The normalized spacial score (nSPS) is 34.4. The van der Waals surface area contributed by atoms with Crippen LogP contribution in [0.2, 0.25) is 0 Å². The van der Waals surface area contributed by atoms with E-state index < -0.39 is 0 Å². The van der Waals surface area contributed by atoms with E-state index in [2.05, 4.69) is 26.2 Å². The third-order valence-electron chi connectivity index (χ3n) is 4.73. The van der Waals surface area contributed by atoms with Gasteiger partial charge in [0.25, 0.3) is 0 Å². The predicted octanol–water partition coefficient (Wildman–Crippen LogP) is 1.47. The molecular weight excluding hydrogens is 256 g/mol. The van der Waals surface area contributed by atoms with Crippen LogP contribution in [-0.2, 0) is 14.2 Å². The van der Waals surface area contributed by atoms with E-state index in [-0.39, 0.29) is 23.2 Å². The monoisotopic (exact) mass is 286 g/mol. The molecule has 2 fully saturated rings. The molecule has 0 radical (unpaired) electrons. The first kappa shape index (κ1) is 16.2. The van der Waals surface area contributed by atoms with Crippen molar-refractivity contribution in [2.75, 3.05) is 26.9 Å². The molecule has 2 rings (SSSR count). The molecule has 0 amide bonds. The van der Waals surface area contributed by atoms with Gasteiger partial charge >= 0.3 is 0 Å². The molecule has 0 aromatic heterocycles. The number of methoxy groups -OCH3 is 1. The summed E-state index contributed by atoms with van der Waals surface area (Å²) in [6, 6.07) is 0.140. The molecule has 2 aliphatic rings. The van der Waals surface area contributed by atoms with Crippen molar-refractivity contribution >= 4 is 0 Å². The molecule has 4 atom stereocenters. The summed E-state index contributed by atoms with van der Waals surface area (Å²) in [5, 5.41) is 0. The second-order valence-electron chi connectivity index (χ2n) is 7.30. The van der Waals surface area contributed by atoms with Crippen LogP contribution in [0.15, 0.2) is 0 Å². The Morgan fingerprint density at radius 1 is 1.35 bits per heavy atom. The highest BCUT2D eigenvalue weighted by molar-refractivity contribution is 4.97. The van der Waals surface area contributed by atoms with Crippen molar-refractivity contribution in [3.8, 4) is 0 Å². The highest BCUT2D eigenvalue weighted by atomic mass is 16.6. The van der Waals surface area contributed by atoms with Gasteiger partial charge in [-0.2, -0.15) is 0 Å². The van der Waals surface area contributed by atoms with Crippen LogP contribution < -0.4 is 11.3 Å². The van der Waals surface area contributed by atoms with Crippen molar-refractivity contribution in [1.29, 1.82) is 0 Å². The standard InChI is InChI=1S/C15H30N2O3/c1-14(2,3)13(18-4)12(17-16)11-5-7-20-15(9-11)6-8-19-10-15/h11-13,17H,5-10,16H2,1-4H3. The molecule has 2 heterocycles. The first-order chi connectivity index (χ1) is 9.42. The van der Waals surface area contributed by atoms with Gasteiger partial charge in [-0.1, -0.05) is 20.8 Å². The zero-order valence-electron chi connectivity index (χ0n) is 13.3. The molecule has 118 valence electrons. The maximum Gasteiger partial charge on any atom is 0.0939 e. The molecule has 0 bridgehead atoms. The number of ether oxygens (including phenoxy) is 3. The Bertz CT molecular complexity index is 311. The van der Waals surface area contributed by atoms with Gasteiger partial charge in [0, 0.05) is 26.7 Å². The highest BCUT2D eigenvalue weighted by Crippen LogP contribution is 2.39. The Morgan fingerprint density at radius 2 is 2.10 bits per heavy atom. The van der Waals surface area contributed by atoms with Gasteiger partial charge in [-0.25, -0.2) is 0 Å². The smallest absolute Gasteiger partial charge is 0.0939 e. The van der Waals surface area contributed by atoms with Crippen LogP contribution in [0.1, 0.15) is 40.0 Å². The number of hydrogen-bond donors (Lipinski definition) is 2. The summed E-state index contributed by atoms with van der Waals surface area (Å²) in [5.74, 6) is 6.32. The van der Waals surface area contributed by atoms with Gasteiger partial charge in [-0.15, -0.1) is 0 Å². The van der Waals surface area contributed by atoms with E-state index in [9.17, 15) is 0 Å². The van der Waals surface area contributed by atoms with Crippen LogP contribution in [0.3, 0.4) is 0 Å². The quantitative estimate of drug-likeness (QED) is 0.605. The molecule has 5 heteroatoms. The fourth-order valence-corrected chi connectivity index (χ4v) is 3.74. The van der Waals surface area contributed by atoms with E-state index in [1.807, 2.05) is 0 Å². The van der Waals surface area contributed by atoms with E-state index in [4.69, 9.17) is 20.1 Å². The van der Waals surface area contributed by atoms with Crippen LogP contribution in [0, 0.1) is 11.3 Å². The topological polar surface area (TPSA) is 65.7 Å². The molecule has 0 aromatic carbocycles. The summed E-state index contributed by atoms with van der Waals surface area (Å²) in [4.78, 5) is 0. The zero-order chi connectivity index (χ0) is 14.8. The lowest BCUT2D eigenvalue weighted by atomic mass is 9.74. The third kappa shape index (κ3) is 3.34. The van der Waals surface area contributed by atoms with Crippen molar-refractivity contribution in [3.05, 3.63) is 0 Å². The zero-order valence-corrected chi connectivity index (χ0v) is 13.3. The van der Waals surface area contributed by atoms with Gasteiger partial charge in [0.1, 0.15) is 0 Å². The van der Waals surface area contributed by atoms with Crippen molar-refractivity contribution < 1.29 is 14.2 Å². The van der Waals surface area contributed by atoms with Crippen molar-refractivity contribution in [2.45, 2.75) is 57.8 Å². The van der Waals surface area contributed by atoms with Gasteiger partial charge in [0.2, 0.25) is 0 Å². The molecule has 0 aromatic rings. The molecule has 20 heavy (non-hydrogen) atoms. The third-order valence-corrected chi connectivity index (χ3v) is 4.73. The summed E-state index contributed by atoms with van der Waals surface area (Å²) < 4.78 is 17.3. The van der Waals surface area contributed by atoms with Crippen molar-refractivity contribution in [1.82, 2.24) is 5.43 Å². The van der Waals surface area contributed by atoms with E-state index in [0.717, 1.165) is 32.5 Å². The molecule has 0 saturated carbocycles. The van der Waals surface area contributed by atoms with Gasteiger partial charge in [0.05, 0.1) is 24.4 Å². The van der Waals surface area contributed by atoms with Crippen LogP contribution >= 0.6 is 0 Å². The van der Waals surface area contributed by atoms with Crippen molar-refractivity contribution in [2.24, 2.45) is 17.2 Å². The first-order valence-corrected chi connectivity index (χ1v) is 7.62. The Balaban J connectivity index is 2.10. The minimum Gasteiger partial charge on any atom is -0.379 e. The number of hydrogen-bond acceptors (Lipinski definition) is 5. The SMILES string of the molecule is COC(C(NN)C1CCOC2(CCOC2)C1)C(C)(C)C. The number of hydrazine groups is 1. The summed E-state index contributed by atoms with van der Waals surface area (Å²) in [5.41, 5.74) is 2.97. The minimum atomic E-state index is -0.0891. The van der Waals surface area contributed by atoms with Crippen LogP contribution in [0.4, 0.5) is 0 Å². The summed E-state index contributed by atoms with van der Waals surface area (Å²) >= 11 is 0. The Morgan fingerprint density at radius 3 is 2.60 bits per heavy atom. The second-order valence-corrected chi connectivity index (χ2v) is 7.30. The lowest BCUT2D eigenvalue weighted by Crippen LogP contribution is -2.57. The molecule has 4 unspecified atom stereocenters. The number of nitrogens with two attached hydrogens (primary N) is 1. The lowest BCUT2D eigenvalue weighted by molar-refractivity contribution is -0.118. The molecular formula is C15H30N2O3. The largest absolute Gasteiger partial charge is 0.379 e. The second kappa shape index (κ2) is 6.28. The first-order valence-electron chi connectivity index (χ1n) is 7.62. The molecule has 2 saturated heterocycles. The Kier molecular flexibility index (Phi) is 5.08. The Labute approximate surface area is 122 Å². The van der Waals surface area contributed by atoms with Gasteiger partial charge in [-0.05, 0) is 24.2 Å². The minimum absolute atomic E-state index is 0.0451. The number of rotatable bonds is 4. The molecule has 1 spiro atoms. The van der Waals surface area contributed by atoms with Crippen molar-refractivity contribution in [3.63, 3.8) is 0 Å². The van der Waals surface area contributed by atoms with Gasteiger partial charge in [0.15, 0.2) is 0 Å². The summed E-state index contributed by atoms with van der Waals surface area (Å²) in [7, 11) is 1.77. The fraction of sp³-hybridized carbons (Fsp3) is 1.00. The lowest BCUT2D eigenvalue weighted by Gasteiger charge is -2.45. The van der Waals surface area contributed by atoms with E-state index >= 15 is 0 Å². The maximum absolute atomic E-state index is 6.02. The number of nitrogens with one attached hydrogen (secondary N) is 1. The van der Waals surface area contributed by atoms with E-state index in [1.54, 1.807) is 7.11 Å². The summed E-state index contributed by atoms with van der Waals surface area (Å²) in [6.45, 7) is 8.89. The van der Waals surface area contributed by atoms with Gasteiger partial charge < -0.3 is 14.2 Å². The Hall–Kier alpha value is -0.200. The van der Waals surface area contributed by atoms with E-state index in [0.29, 0.717) is 12.5 Å². The fourth-order valence-electron chi connectivity index (χ4n) is 3.74. The average molecular weight is 286 g/mol. The van der Waals surface area contributed by atoms with Crippen LogP contribution in [-0.4, -0.2) is 44.7 Å². The highest BCUT2D eigenvalue weighted by Gasteiger charge is 2.46. The average Bonchev–Trinajstić information content (AvgIpc) is 2.82. The van der Waals surface area contributed by atoms with Crippen LogP contribution in [0.5, 0.6) is 0 Å². The molecule has 5 nitrogen and oxygen atoms in total. The molecule has 2 aliphatic heterocycles. The van der Waals surface area contributed by atoms with E-state index in [1.165, 1.54) is 0 Å². The maximum atomic E-state index is 6.02. The molecule has 0 aliphatic carbocycles. The van der Waals surface area contributed by atoms with Gasteiger partial charge in [-0.3, -0.25) is 11.3 Å². The predicted molar refractivity (Wildman–Crippen MR) is 78.2 cm³/mol. The van der Waals surface area contributed by atoms with Crippen LogP contribution in [0.25, 0.3) is 0 Å².